The number of anilines is 1. The number of carbonyl (C=O) groups excluding carboxylic acids is 2. The van der Waals surface area contributed by atoms with Crippen LogP contribution in [0.4, 0.5) is 5.69 Å². The van der Waals surface area contributed by atoms with Crippen molar-refractivity contribution in [3.8, 4) is 0 Å². The van der Waals surface area contributed by atoms with Crippen LogP contribution in [0.1, 0.15) is 61.3 Å². The second-order valence-corrected chi connectivity index (χ2v) is 12.9. The lowest BCUT2D eigenvalue weighted by molar-refractivity contribution is -0.140. The molecule has 0 spiro atoms. The van der Waals surface area contributed by atoms with Crippen molar-refractivity contribution in [3.05, 3.63) is 95.1 Å². The van der Waals surface area contributed by atoms with Crippen LogP contribution in [-0.4, -0.2) is 43.8 Å². The Kier molecular flexibility index (Phi) is 9.86. The third kappa shape index (κ3) is 7.36. The van der Waals surface area contributed by atoms with Crippen molar-refractivity contribution in [2.75, 3.05) is 10.8 Å². The zero-order valence-corrected chi connectivity index (χ0v) is 25.3. The van der Waals surface area contributed by atoms with E-state index in [1.807, 2.05) is 58.0 Å². The predicted octanol–water partition coefficient (Wildman–Crippen LogP) is 5.67. The van der Waals surface area contributed by atoms with Crippen LogP contribution >= 0.6 is 0 Å². The molecule has 1 N–H and O–H groups in total. The van der Waals surface area contributed by atoms with Gasteiger partial charge in [0.25, 0.3) is 10.0 Å². The molecule has 1 fully saturated rings. The summed E-state index contributed by atoms with van der Waals surface area (Å²) in [5, 5.41) is 3.15. The topological polar surface area (TPSA) is 86.8 Å². The van der Waals surface area contributed by atoms with Crippen molar-refractivity contribution in [2.24, 2.45) is 0 Å². The van der Waals surface area contributed by atoms with Crippen molar-refractivity contribution in [2.45, 2.75) is 83.3 Å². The van der Waals surface area contributed by atoms with Gasteiger partial charge in [-0.05, 0) is 81.0 Å². The standard InChI is InChI=1S/C33H41N3O4S/c1-5-31(33(38)34-28-14-9-10-15-28)35(22-27-13-11-12-24(2)20-27)32(37)23-36(29-19-18-25(3)26(4)21-29)41(39,40)30-16-7-6-8-17-30/h6-8,11-13,16-21,28,31H,5,9-10,14-15,22-23H2,1-4H3,(H,34,38)/t31-/m0/s1. The minimum atomic E-state index is -4.08. The summed E-state index contributed by atoms with van der Waals surface area (Å²) in [6, 6.07) is 20.7. The number of amides is 2. The molecule has 41 heavy (non-hydrogen) atoms. The molecule has 1 atom stereocenters. The first-order valence-corrected chi connectivity index (χ1v) is 15.8. The van der Waals surface area contributed by atoms with E-state index in [1.165, 1.54) is 16.4 Å². The van der Waals surface area contributed by atoms with E-state index in [2.05, 4.69) is 5.32 Å². The molecular weight excluding hydrogens is 534 g/mol. The summed E-state index contributed by atoms with van der Waals surface area (Å²) in [7, 11) is -4.08. The Labute approximate surface area is 244 Å². The minimum absolute atomic E-state index is 0.0993. The van der Waals surface area contributed by atoms with Gasteiger partial charge in [0.1, 0.15) is 12.6 Å². The SMILES string of the molecule is CC[C@@H](C(=O)NC1CCCC1)N(Cc1cccc(C)c1)C(=O)CN(c1ccc(C)c(C)c1)S(=O)(=O)c1ccccc1. The van der Waals surface area contributed by atoms with Gasteiger partial charge >= 0.3 is 0 Å². The summed E-state index contributed by atoms with van der Waals surface area (Å²) in [6.07, 6.45) is 4.44. The molecule has 7 nitrogen and oxygen atoms in total. The summed E-state index contributed by atoms with van der Waals surface area (Å²) in [4.78, 5) is 29.4. The molecule has 1 saturated carbocycles. The van der Waals surface area contributed by atoms with Crippen molar-refractivity contribution in [1.82, 2.24) is 10.2 Å². The maximum Gasteiger partial charge on any atom is 0.264 e. The Hall–Kier alpha value is -3.65. The van der Waals surface area contributed by atoms with Crippen LogP contribution in [-0.2, 0) is 26.2 Å². The first-order chi connectivity index (χ1) is 19.6. The Morgan fingerprint density at radius 3 is 2.24 bits per heavy atom. The second-order valence-electron chi connectivity index (χ2n) is 11.0. The number of hydrogen-bond acceptors (Lipinski definition) is 4. The molecule has 0 radical (unpaired) electrons. The molecule has 0 bridgehead atoms. The number of nitrogens with one attached hydrogen (secondary N) is 1. The molecule has 3 aromatic carbocycles. The summed E-state index contributed by atoms with van der Waals surface area (Å²) in [5.41, 5.74) is 4.27. The molecule has 4 rings (SSSR count). The van der Waals surface area contributed by atoms with Gasteiger partial charge in [-0.3, -0.25) is 13.9 Å². The fourth-order valence-corrected chi connectivity index (χ4v) is 6.85. The third-order valence-electron chi connectivity index (χ3n) is 7.91. The Balaban J connectivity index is 1.72. The number of nitrogens with zero attached hydrogens (tertiary/aromatic N) is 2. The van der Waals surface area contributed by atoms with Gasteiger partial charge in [-0.2, -0.15) is 0 Å². The first kappa shape index (κ1) is 30.3. The maximum absolute atomic E-state index is 14.2. The van der Waals surface area contributed by atoms with E-state index < -0.39 is 28.5 Å². The van der Waals surface area contributed by atoms with Crippen molar-refractivity contribution >= 4 is 27.5 Å². The van der Waals surface area contributed by atoms with E-state index in [4.69, 9.17) is 0 Å². The van der Waals surface area contributed by atoms with Gasteiger partial charge in [0, 0.05) is 12.6 Å². The zero-order chi connectivity index (χ0) is 29.6. The van der Waals surface area contributed by atoms with E-state index in [1.54, 1.807) is 35.2 Å². The van der Waals surface area contributed by atoms with Gasteiger partial charge in [-0.15, -0.1) is 0 Å². The van der Waals surface area contributed by atoms with E-state index in [0.717, 1.165) is 47.9 Å². The first-order valence-electron chi connectivity index (χ1n) is 14.4. The summed E-state index contributed by atoms with van der Waals surface area (Å²) in [5.74, 6) is -0.623. The fraction of sp³-hybridized carbons (Fsp3) is 0.394. The van der Waals surface area contributed by atoms with Crippen LogP contribution in [0.3, 0.4) is 0 Å². The monoisotopic (exact) mass is 575 g/mol. The van der Waals surface area contributed by atoms with Crippen LogP contribution in [0, 0.1) is 20.8 Å². The average molecular weight is 576 g/mol. The Morgan fingerprint density at radius 2 is 1.61 bits per heavy atom. The van der Waals surface area contributed by atoms with E-state index in [0.29, 0.717) is 12.1 Å². The highest BCUT2D eigenvalue weighted by molar-refractivity contribution is 7.92. The molecule has 0 heterocycles. The van der Waals surface area contributed by atoms with Gasteiger partial charge in [0.2, 0.25) is 11.8 Å². The number of hydrogen-bond donors (Lipinski definition) is 1. The lowest BCUT2D eigenvalue weighted by Crippen LogP contribution is -2.53. The van der Waals surface area contributed by atoms with Crippen LogP contribution in [0.15, 0.2) is 77.7 Å². The predicted molar refractivity (Wildman–Crippen MR) is 163 cm³/mol. The van der Waals surface area contributed by atoms with Crippen LogP contribution < -0.4 is 9.62 Å². The molecule has 1 aliphatic rings. The van der Waals surface area contributed by atoms with Crippen LogP contribution in [0.5, 0.6) is 0 Å². The molecular formula is C33H41N3O4S. The number of sulfonamides is 1. The molecule has 0 aliphatic heterocycles. The molecule has 1 aliphatic carbocycles. The number of rotatable bonds is 11. The number of carbonyl (C=O) groups is 2. The quantitative estimate of drug-likeness (QED) is 0.319. The molecule has 8 heteroatoms. The third-order valence-corrected chi connectivity index (χ3v) is 9.70. The van der Waals surface area contributed by atoms with Crippen molar-refractivity contribution < 1.29 is 18.0 Å². The molecule has 0 unspecified atom stereocenters. The summed E-state index contributed by atoms with van der Waals surface area (Å²) < 4.78 is 29.1. The Bertz CT molecular complexity index is 1470. The van der Waals surface area contributed by atoms with E-state index in [9.17, 15) is 18.0 Å². The highest BCUT2D eigenvalue weighted by Gasteiger charge is 2.34. The van der Waals surface area contributed by atoms with Crippen LogP contribution in [0.2, 0.25) is 0 Å². The molecule has 2 amide bonds. The van der Waals surface area contributed by atoms with Crippen molar-refractivity contribution in [3.63, 3.8) is 0 Å². The Morgan fingerprint density at radius 1 is 0.902 bits per heavy atom. The van der Waals surface area contributed by atoms with Crippen molar-refractivity contribution in [1.29, 1.82) is 0 Å². The lowest BCUT2D eigenvalue weighted by Gasteiger charge is -2.34. The van der Waals surface area contributed by atoms with E-state index in [-0.39, 0.29) is 23.4 Å². The fourth-order valence-electron chi connectivity index (χ4n) is 5.42. The number of aryl methyl sites for hydroxylation is 3. The smallest absolute Gasteiger partial charge is 0.264 e. The average Bonchev–Trinajstić information content (AvgIpc) is 3.46. The lowest BCUT2D eigenvalue weighted by atomic mass is 10.1. The highest BCUT2D eigenvalue weighted by atomic mass is 32.2. The summed E-state index contributed by atoms with van der Waals surface area (Å²) >= 11 is 0. The van der Waals surface area contributed by atoms with Gasteiger partial charge < -0.3 is 10.2 Å². The minimum Gasteiger partial charge on any atom is -0.352 e. The van der Waals surface area contributed by atoms with Gasteiger partial charge in [0.05, 0.1) is 10.6 Å². The van der Waals surface area contributed by atoms with Crippen LogP contribution in [0.25, 0.3) is 0 Å². The largest absolute Gasteiger partial charge is 0.352 e. The van der Waals surface area contributed by atoms with Gasteiger partial charge in [0.15, 0.2) is 0 Å². The zero-order valence-electron chi connectivity index (χ0n) is 24.5. The van der Waals surface area contributed by atoms with Gasteiger partial charge in [-0.25, -0.2) is 8.42 Å². The molecule has 3 aromatic rings. The highest BCUT2D eigenvalue weighted by Crippen LogP contribution is 2.27. The van der Waals surface area contributed by atoms with E-state index >= 15 is 0 Å². The summed E-state index contributed by atoms with van der Waals surface area (Å²) in [6.45, 7) is 7.50. The molecule has 0 aromatic heterocycles. The molecule has 218 valence electrons. The maximum atomic E-state index is 14.2. The normalized spacial score (nSPS) is 14.4. The second kappa shape index (κ2) is 13.3. The molecule has 0 saturated heterocycles. The van der Waals surface area contributed by atoms with Gasteiger partial charge in [-0.1, -0.05) is 73.9 Å². The number of benzene rings is 3.